The topological polar surface area (TPSA) is 88.2 Å². The summed E-state index contributed by atoms with van der Waals surface area (Å²) in [6.45, 7) is 0. The number of nitrogens with two attached hydrogens (primary N) is 1. The number of hydrogen-bond donors (Lipinski definition) is 3. The van der Waals surface area contributed by atoms with Gasteiger partial charge in [0.1, 0.15) is 11.4 Å². The van der Waals surface area contributed by atoms with Gasteiger partial charge in [-0.1, -0.05) is 30.3 Å². The Morgan fingerprint density at radius 1 is 1.35 bits per heavy atom. The smallest absolute Gasteiger partial charge is 0.339 e. The summed E-state index contributed by atoms with van der Waals surface area (Å²) in [5.41, 5.74) is 7.30. The Kier molecular flexibility index (Phi) is 3.02. The summed E-state index contributed by atoms with van der Waals surface area (Å²) in [6.07, 6.45) is 2.45. The van der Waals surface area contributed by atoms with Gasteiger partial charge in [0.05, 0.1) is 11.9 Å². The summed E-state index contributed by atoms with van der Waals surface area (Å²) in [7, 11) is 0. The minimum atomic E-state index is -1.02. The molecule has 0 amide bonds. The number of carboxylic acid groups (broad SMARTS) is 1. The second-order valence-corrected chi connectivity index (χ2v) is 4.97. The van der Waals surface area contributed by atoms with Gasteiger partial charge < -0.3 is 16.2 Å². The van der Waals surface area contributed by atoms with Crippen molar-refractivity contribution >= 4 is 17.5 Å². The monoisotopic (exact) mass is 269 g/mol. The Labute approximate surface area is 116 Å². The van der Waals surface area contributed by atoms with E-state index in [9.17, 15) is 9.90 Å². The van der Waals surface area contributed by atoms with Crippen molar-refractivity contribution < 1.29 is 9.90 Å². The summed E-state index contributed by atoms with van der Waals surface area (Å²) in [5, 5.41) is 12.4. The number of nitrogens with zero attached hydrogens (tertiary/aromatic N) is 1. The molecule has 0 radical (unpaired) electrons. The standard InChI is InChI=1S/C15H15N3O2/c16-10-6-12(15(19)20)14(17-8-10)18-13-7-11(13)9-4-2-1-3-5-9/h1-6,8,11,13H,7,16H2,(H,17,18)(H,19,20). The molecule has 102 valence electrons. The van der Waals surface area contributed by atoms with E-state index >= 15 is 0 Å². The van der Waals surface area contributed by atoms with Crippen LogP contribution in [-0.2, 0) is 0 Å². The van der Waals surface area contributed by atoms with Crippen LogP contribution in [0.15, 0.2) is 42.6 Å². The highest BCUT2D eigenvalue weighted by Gasteiger charge is 2.39. The maximum absolute atomic E-state index is 11.2. The van der Waals surface area contributed by atoms with Crippen LogP contribution in [0, 0.1) is 0 Å². The molecule has 2 atom stereocenters. The Balaban J connectivity index is 1.76. The maximum Gasteiger partial charge on any atom is 0.339 e. The minimum Gasteiger partial charge on any atom is -0.478 e. The number of hydrogen-bond acceptors (Lipinski definition) is 4. The van der Waals surface area contributed by atoms with Crippen LogP contribution in [0.5, 0.6) is 0 Å². The van der Waals surface area contributed by atoms with E-state index in [4.69, 9.17) is 5.73 Å². The van der Waals surface area contributed by atoms with E-state index in [1.807, 2.05) is 18.2 Å². The summed E-state index contributed by atoms with van der Waals surface area (Å²) < 4.78 is 0. The number of aromatic carboxylic acids is 1. The third kappa shape index (κ3) is 2.42. The van der Waals surface area contributed by atoms with Gasteiger partial charge in [-0.2, -0.15) is 0 Å². The highest BCUT2D eigenvalue weighted by molar-refractivity contribution is 5.94. The molecule has 1 aromatic carbocycles. The largest absolute Gasteiger partial charge is 0.478 e. The lowest BCUT2D eigenvalue weighted by atomic mass is 10.1. The fourth-order valence-corrected chi connectivity index (χ4v) is 2.36. The van der Waals surface area contributed by atoms with Crippen LogP contribution in [-0.4, -0.2) is 22.1 Å². The molecule has 1 heterocycles. The Bertz CT molecular complexity index is 643. The van der Waals surface area contributed by atoms with Crippen LogP contribution >= 0.6 is 0 Å². The zero-order valence-corrected chi connectivity index (χ0v) is 10.8. The number of carboxylic acids is 1. The number of benzene rings is 1. The normalized spacial score (nSPS) is 20.4. The average molecular weight is 269 g/mol. The van der Waals surface area contributed by atoms with Crippen LogP contribution in [0.25, 0.3) is 0 Å². The predicted molar refractivity (Wildman–Crippen MR) is 76.8 cm³/mol. The molecule has 1 aliphatic carbocycles. The van der Waals surface area contributed by atoms with Crippen LogP contribution in [0.2, 0.25) is 0 Å². The number of pyridine rings is 1. The minimum absolute atomic E-state index is 0.115. The van der Waals surface area contributed by atoms with Crippen molar-refractivity contribution in [2.24, 2.45) is 0 Å². The third-order valence-electron chi connectivity index (χ3n) is 3.48. The Morgan fingerprint density at radius 2 is 2.10 bits per heavy atom. The molecule has 0 aliphatic heterocycles. The molecule has 3 rings (SSSR count). The van der Waals surface area contributed by atoms with Crippen LogP contribution in [0.1, 0.15) is 28.3 Å². The molecule has 2 aromatic rings. The van der Waals surface area contributed by atoms with Crippen molar-refractivity contribution in [1.29, 1.82) is 0 Å². The summed E-state index contributed by atoms with van der Waals surface area (Å²) in [6, 6.07) is 11.8. The number of anilines is 2. The summed E-state index contributed by atoms with van der Waals surface area (Å²) in [5.74, 6) is -0.225. The van der Waals surface area contributed by atoms with Crippen molar-refractivity contribution in [3.05, 3.63) is 53.7 Å². The third-order valence-corrected chi connectivity index (χ3v) is 3.48. The first-order valence-electron chi connectivity index (χ1n) is 6.45. The zero-order valence-electron chi connectivity index (χ0n) is 10.8. The SMILES string of the molecule is Nc1cnc(NC2CC2c2ccccc2)c(C(=O)O)c1. The van der Waals surface area contributed by atoms with Gasteiger partial charge >= 0.3 is 5.97 Å². The molecule has 1 fully saturated rings. The fraction of sp³-hybridized carbons (Fsp3) is 0.200. The van der Waals surface area contributed by atoms with E-state index in [-0.39, 0.29) is 11.6 Å². The molecule has 1 aromatic heterocycles. The van der Waals surface area contributed by atoms with Crippen LogP contribution in [0.3, 0.4) is 0 Å². The lowest BCUT2D eigenvalue weighted by molar-refractivity contribution is 0.0697. The first-order valence-corrected chi connectivity index (χ1v) is 6.45. The molecule has 5 nitrogen and oxygen atoms in total. The lowest BCUT2D eigenvalue weighted by Crippen LogP contribution is -2.11. The second-order valence-electron chi connectivity index (χ2n) is 4.97. The van der Waals surface area contributed by atoms with Crippen molar-refractivity contribution in [2.75, 3.05) is 11.1 Å². The maximum atomic E-state index is 11.2. The number of rotatable bonds is 4. The molecule has 1 saturated carbocycles. The van der Waals surface area contributed by atoms with Gasteiger partial charge in [-0.05, 0) is 18.1 Å². The van der Waals surface area contributed by atoms with Gasteiger partial charge in [-0.3, -0.25) is 0 Å². The highest BCUT2D eigenvalue weighted by atomic mass is 16.4. The molecule has 20 heavy (non-hydrogen) atoms. The number of aromatic nitrogens is 1. The molecule has 0 spiro atoms. The zero-order chi connectivity index (χ0) is 14.1. The molecule has 4 N–H and O–H groups in total. The van der Waals surface area contributed by atoms with E-state index in [2.05, 4.69) is 22.4 Å². The Hall–Kier alpha value is -2.56. The van der Waals surface area contributed by atoms with Crippen LogP contribution < -0.4 is 11.1 Å². The van der Waals surface area contributed by atoms with E-state index in [0.29, 0.717) is 17.4 Å². The molecule has 0 bridgehead atoms. The first-order chi connectivity index (χ1) is 9.65. The van der Waals surface area contributed by atoms with Crippen molar-refractivity contribution in [3.63, 3.8) is 0 Å². The lowest BCUT2D eigenvalue weighted by Gasteiger charge is -2.09. The molecule has 1 aliphatic rings. The van der Waals surface area contributed by atoms with Gasteiger partial charge in [0.2, 0.25) is 0 Å². The average Bonchev–Trinajstić information content (AvgIpc) is 3.21. The van der Waals surface area contributed by atoms with Crippen molar-refractivity contribution in [3.8, 4) is 0 Å². The van der Waals surface area contributed by atoms with E-state index in [1.54, 1.807) is 0 Å². The van der Waals surface area contributed by atoms with Gasteiger partial charge in [-0.15, -0.1) is 0 Å². The molecule has 0 saturated heterocycles. The first kappa shape index (κ1) is 12.5. The van der Waals surface area contributed by atoms with Gasteiger partial charge in [0.25, 0.3) is 0 Å². The molecule has 2 unspecified atom stereocenters. The molecule has 5 heteroatoms. The molecular weight excluding hydrogens is 254 g/mol. The molecular formula is C15H15N3O2. The Morgan fingerprint density at radius 3 is 2.80 bits per heavy atom. The second kappa shape index (κ2) is 4.85. The van der Waals surface area contributed by atoms with Crippen molar-refractivity contribution in [2.45, 2.75) is 18.4 Å². The number of nitrogens with one attached hydrogen (secondary N) is 1. The predicted octanol–water partition coefficient (Wildman–Crippen LogP) is 2.33. The summed E-state index contributed by atoms with van der Waals surface area (Å²) >= 11 is 0. The van der Waals surface area contributed by atoms with E-state index in [1.165, 1.54) is 17.8 Å². The quantitative estimate of drug-likeness (QED) is 0.792. The van der Waals surface area contributed by atoms with Gasteiger partial charge in [0.15, 0.2) is 0 Å². The number of nitrogen functional groups attached to an aromatic ring is 1. The number of carbonyl (C=O) groups is 1. The fourth-order valence-electron chi connectivity index (χ4n) is 2.36. The van der Waals surface area contributed by atoms with Crippen LogP contribution in [0.4, 0.5) is 11.5 Å². The van der Waals surface area contributed by atoms with Gasteiger partial charge in [0, 0.05) is 12.0 Å². The van der Waals surface area contributed by atoms with Gasteiger partial charge in [-0.25, -0.2) is 9.78 Å². The van der Waals surface area contributed by atoms with E-state index < -0.39 is 5.97 Å². The summed E-state index contributed by atoms with van der Waals surface area (Å²) in [4.78, 5) is 15.3. The van der Waals surface area contributed by atoms with E-state index in [0.717, 1.165) is 6.42 Å². The van der Waals surface area contributed by atoms with Crippen molar-refractivity contribution in [1.82, 2.24) is 4.98 Å². The highest BCUT2D eigenvalue weighted by Crippen LogP contribution is 2.42.